The standard InChI is InChI=1S/C15H21FN2O2/c1-15(2,20)11-17-6-8-18(9-7-17)14(19)12-4-3-5-13(16)10-12/h3-5,10,20H,6-9,11H2,1-2H3. The van der Waals surface area contributed by atoms with E-state index in [2.05, 4.69) is 4.90 Å². The smallest absolute Gasteiger partial charge is 0.254 e. The van der Waals surface area contributed by atoms with E-state index in [1.807, 2.05) is 0 Å². The number of aliphatic hydroxyl groups is 1. The van der Waals surface area contributed by atoms with E-state index >= 15 is 0 Å². The van der Waals surface area contributed by atoms with Crippen LogP contribution in [0.1, 0.15) is 24.2 Å². The molecule has 1 fully saturated rings. The van der Waals surface area contributed by atoms with Gasteiger partial charge in [-0.25, -0.2) is 4.39 Å². The molecular weight excluding hydrogens is 259 g/mol. The van der Waals surface area contributed by atoms with E-state index in [0.29, 0.717) is 25.2 Å². The summed E-state index contributed by atoms with van der Waals surface area (Å²) in [5.41, 5.74) is -0.338. The van der Waals surface area contributed by atoms with Crippen LogP contribution >= 0.6 is 0 Å². The van der Waals surface area contributed by atoms with E-state index in [9.17, 15) is 14.3 Å². The van der Waals surface area contributed by atoms with E-state index in [-0.39, 0.29) is 5.91 Å². The fourth-order valence-corrected chi connectivity index (χ4v) is 2.46. The Morgan fingerprint density at radius 2 is 1.95 bits per heavy atom. The lowest BCUT2D eigenvalue weighted by atomic mass is 10.1. The Balaban J connectivity index is 1.92. The molecular formula is C15H21FN2O2. The van der Waals surface area contributed by atoms with Gasteiger partial charge in [0, 0.05) is 38.3 Å². The van der Waals surface area contributed by atoms with Gasteiger partial charge in [-0.2, -0.15) is 0 Å². The van der Waals surface area contributed by atoms with E-state index in [4.69, 9.17) is 0 Å². The highest BCUT2D eigenvalue weighted by atomic mass is 19.1. The van der Waals surface area contributed by atoms with Crippen LogP contribution in [-0.4, -0.2) is 59.1 Å². The Morgan fingerprint density at radius 3 is 2.50 bits per heavy atom. The van der Waals surface area contributed by atoms with Gasteiger partial charge in [0.25, 0.3) is 5.91 Å². The second kappa shape index (κ2) is 5.89. The van der Waals surface area contributed by atoms with Crippen molar-refractivity contribution in [2.75, 3.05) is 32.7 Å². The molecule has 1 aromatic carbocycles. The van der Waals surface area contributed by atoms with Gasteiger partial charge in [-0.15, -0.1) is 0 Å². The molecule has 0 atom stereocenters. The summed E-state index contributed by atoms with van der Waals surface area (Å²) in [7, 11) is 0. The minimum absolute atomic E-state index is 0.132. The molecule has 4 nitrogen and oxygen atoms in total. The van der Waals surface area contributed by atoms with Crippen molar-refractivity contribution >= 4 is 5.91 Å². The van der Waals surface area contributed by atoms with E-state index in [1.165, 1.54) is 12.1 Å². The summed E-state index contributed by atoms with van der Waals surface area (Å²) >= 11 is 0. The summed E-state index contributed by atoms with van der Waals surface area (Å²) in [5.74, 6) is -0.524. The first-order valence-electron chi connectivity index (χ1n) is 6.85. The molecule has 1 saturated heterocycles. The summed E-state index contributed by atoms with van der Waals surface area (Å²) < 4.78 is 13.1. The maximum Gasteiger partial charge on any atom is 0.254 e. The van der Waals surface area contributed by atoms with Crippen molar-refractivity contribution in [3.63, 3.8) is 0 Å². The average molecular weight is 280 g/mol. The van der Waals surface area contributed by atoms with Crippen LogP contribution in [-0.2, 0) is 0 Å². The zero-order chi connectivity index (χ0) is 14.8. The first-order valence-corrected chi connectivity index (χ1v) is 6.85. The Kier molecular flexibility index (Phi) is 4.40. The number of rotatable bonds is 3. The van der Waals surface area contributed by atoms with Gasteiger partial charge in [0.2, 0.25) is 0 Å². The molecule has 1 aromatic rings. The van der Waals surface area contributed by atoms with Gasteiger partial charge in [-0.05, 0) is 32.0 Å². The number of carbonyl (C=O) groups is 1. The fraction of sp³-hybridized carbons (Fsp3) is 0.533. The van der Waals surface area contributed by atoms with Gasteiger partial charge >= 0.3 is 0 Å². The summed E-state index contributed by atoms with van der Waals surface area (Å²) in [6.07, 6.45) is 0. The molecule has 0 spiro atoms. The molecule has 110 valence electrons. The number of piperazine rings is 1. The number of benzene rings is 1. The zero-order valence-electron chi connectivity index (χ0n) is 12.0. The molecule has 0 aliphatic carbocycles. The van der Waals surface area contributed by atoms with Crippen molar-refractivity contribution in [3.05, 3.63) is 35.6 Å². The van der Waals surface area contributed by atoms with E-state index < -0.39 is 11.4 Å². The Morgan fingerprint density at radius 1 is 1.30 bits per heavy atom. The maximum absolute atomic E-state index is 13.1. The molecule has 0 bridgehead atoms. The van der Waals surface area contributed by atoms with Crippen LogP contribution in [0.4, 0.5) is 4.39 Å². The molecule has 0 aromatic heterocycles. The molecule has 1 heterocycles. The highest BCUT2D eigenvalue weighted by Gasteiger charge is 2.25. The number of hydrogen-bond acceptors (Lipinski definition) is 3. The van der Waals surface area contributed by atoms with Gasteiger partial charge < -0.3 is 10.0 Å². The molecule has 1 N–H and O–H groups in total. The molecule has 0 unspecified atom stereocenters. The number of halogens is 1. The van der Waals surface area contributed by atoms with Gasteiger partial charge in [0.15, 0.2) is 0 Å². The Bertz CT molecular complexity index is 477. The first kappa shape index (κ1) is 14.9. The zero-order valence-corrected chi connectivity index (χ0v) is 12.0. The van der Waals surface area contributed by atoms with E-state index in [0.717, 1.165) is 13.1 Å². The first-order chi connectivity index (χ1) is 9.35. The third kappa shape index (κ3) is 4.02. The number of β-amino-alcohol motifs (C(OH)–C–C–N with tert-alkyl or cyclic N) is 1. The molecule has 1 aliphatic heterocycles. The molecule has 0 saturated carbocycles. The fourth-order valence-electron chi connectivity index (χ4n) is 2.46. The van der Waals surface area contributed by atoms with E-state index in [1.54, 1.807) is 30.9 Å². The van der Waals surface area contributed by atoms with Crippen molar-refractivity contribution < 1.29 is 14.3 Å². The Hall–Kier alpha value is -1.46. The van der Waals surface area contributed by atoms with Crippen LogP contribution in [0.5, 0.6) is 0 Å². The van der Waals surface area contributed by atoms with Crippen molar-refractivity contribution in [1.29, 1.82) is 0 Å². The minimum Gasteiger partial charge on any atom is -0.389 e. The van der Waals surface area contributed by atoms with Crippen molar-refractivity contribution in [2.45, 2.75) is 19.4 Å². The monoisotopic (exact) mass is 280 g/mol. The van der Waals surface area contributed by atoms with Crippen LogP contribution in [0.15, 0.2) is 24.3 Å². The summed E-state index contributed by atoms with van der Waals surface area (Å²) in [5, 5.41) is 9.79. The van der Waals surface area contributed by atoms with Crippen LogP contribution < -0.4 is 0 Å². The summed E-state index contributed by atoms with van der Waals surface area (Å²) in [6.45, 7) is 6.80. The molecule has 5 heteroatoms. The third-order valence-electron chi connectivity index (χ3n) is 3.34. The highest BCUT2D eigenvalue weighted by molar-refractivity contribution is 5.94. The molecule has 2 rings (SSSR count). The lowest BCUT2D eigenvalue weighted by Crippen LogP contribution is -2.52. The molecule has 1 amide bonds. The summed E-state index contributed by atoms with van der Waals surface area (Å²) in [4.78, 5) is 16.1. The SMILES string of the molecule is CC(C)(O)CN1CCN(C(=O)c2cccc(F)c2)CC1. The lowest BCUT2D eigenvalue weighted by molar-refractivity contribution is 0.0178. The molecule has 1 aliphatic rings. The quantitative estimate of drug-likeness (QED) is 0.909. The molecule has 20 heavy (non-hydrogen) atoms. The van der Waals surface area contributed by atoms with Gasteiger partial charge in [-0.3, -0.25) is 9.69 Å². The summed E-state index contributed by atoms with van der Waals surface area (Å²) in [6, 6.07) is 5.78. The van der Waals surface area contributed by atoms with Crippen molar-refractivity contribution in [3.8, 4) is 0 Å². The predicted octanol–water partition coefficient (Wildman–Crippen LogP) is 1.35. The Labute approximate surface area is 118 Å². The number of nitrogens with zero attached hydrogens (tertiary/aromatic N) is 2. The van der Waals surface area contributed by atoms with Crippen LogP contribution in [0, 0.1) is 5.82 Å². The van der Waals surface area contributed by atoms with Crippen molar-refractivity contribution in [1.82, 2.24) is 9.80 Å². The van der Waals surface area contributed by atoms with Crippen LogP contribution in [0.2, 0.25) is 0 Å². The average Bonchev–Trinajstić information content (AvgIpc) is 2.37. The van der Waals surface area contributed by atoms with Gasteiger partial charge in [0.05, 0.1) is 5.60 Å². The lowest BCUT2D eigenvalue weighted by Gasteiger charge is -2.37. The van der Waals surface area contributed by atoms with Crippen LogP contribution in [0.25, 0.3) is 0 Å². The highest BCUT2D eigenvalue weighted by Crippen LogP contribution is 2.12. The number of carbonyl (C=O) groups excluding carboxylic acids is 1. The predicted molar refractivity (Wildman–Crippen MR) is 75.0 cm³/mol. The van der Waals surface area contributed by atoms with Gasteiger partial charge in [0.1, 0.15) is 5.82 Å². The minimum atomic E-state index is -0.727. The van der Waals surface area contributed by atoms with Crippen LogP contribution in [0.3, 0.4) is 0 Å². The number of hydrogen-bond donors (Lipinski definition) is 1. The molecule has 0 radical (unpaired) electrons. The normalized spacial score (nSPS) is 17.3. The second-order valence-electron chi connectivity index (χ2n) is 5.89. The largest absolute Gasteiger partial charge is 0.389 e. The third-order valence-corrected chi connectivity index (χ3v) is 3.34. The maximum atomic E-state index is 13.1. The van der Waals surface area contributed by atoms with Gasteiger partial charge in [-0.1, -0.05) is 6.07 Å². The topological polar surface area (TPSA) is 43.8 Å². The van der Waals surface area contributed by atoms with Crippen molar-refractivity contribution in [2.24, 2.45) is 0 Å². The second-order valence-corrected chi connectivity index (χ2v) is 5.89. The number of amides is 1.